The number of nitrogens with one attached hydrogen (secondary N) is 1. The van der Waals surface area contributed by atoms with Crippen molar-refractivity contribution in [3.05, 3.63) is 24.4 Å². The summed E-state index contributed by atoms with van der Waals surface area (Å²) in [5.74, 6) is 0.751. The van der Waals surface area contributed by atoms with Crippen molar-refractivity contribution in [3.63, 3.8) is 0 Å². The minimum atomic E-state index is -0.673. The summed E-state index contributed by atoms with van der Waals surface area (Å²) in [6.07, 6.45) is 1.01. The van der Waals surface area contributed by atoms with Gasteiger partial charge in [0.25, 0.3) is 0 Å². The number of aromatic nitrogens is 1. The molecule has 0 aliphatic heterocycles. The predicted molar refractivity (Wildman–Crippen MR) is 51.1 cm³/mol. The van der Waals surface area contributed by atoms with Gasteiger partial charge < -0.3 is 14.8 Å². The highest BCUT2D eigenvalue weighted by atomic mass is 16.7. The lowest BCUT2D eigenvalue weighted by Crippen LogP contribution is -2.14. The maximum absolute atomic E-state index is 10.5. The molecular formula is C9H12N2O3. The summed E-state index contributed by atoms with van der Waals surface area (Å²) in [5.41, 5.74) is 0. The minimum Gasteiger partial charge on any atom is -0.438 e. The number of carbonyl (C=O) groups is 1. The maximum Gasteiger partial charge on any atom is 0.508 e. The third-order valence-electron chi connectivity index (χ3n) is 1.46. The van der Waals surface area contributed by atoms with Gasteiger partial charge in [-0.2, -0.15) is 0 Å². The fourth-order valence-corrected chi connectivity index (χ4v) is 0.840. The van der Waals surface area contributed by atoms with Crippen LogP contribution in [0.15, 0.2) is 24.4 Å². The van der Waals surface area contributed by atoms with Gasteiger partial charge in [0.2, 0.25) is 0 Å². The summed E-state index contributed by atoms with van der Waals surface area (Å²) in [4.78, 5) is 14.6. The number of methoxy groups -OCH3 is 1. The van der Waals surface area contributed by atoms with Crippen LogP contribution in [0, 0.1) is 0 Å². The molecule has 0 saturated heterocycles. The highest BCUT2D eigenvalue weighted by molar-refractivity contribution is 5.59. The zero-order chi connectivity index (χ0) is 10.2. The van der Waals surface area contributed by atoms with E-state index in [1.54, 1.807) is 6.20 Å². The van der Waals surface area contributed by atoms with Gasteiger partial charge in [0, 0.05) is 6.20 Å². The second-order valence-electron chi connectivity index (χ2n) is 2.44. The second-order valence-corrected chi connectivity index (χ2v) is 2.44. The van der Waals surface area contributed by atoms with E-state index in [1.807, 2.05) is 18.2 Å². The van der Waals surface area contributed by atoms with Crippen LogP contribution in [0.1, 0.15) is 0 Å². The minimum absolute atomic E-state index is 0.253. The van der Waals surface area contributed by atoms with Crippen molar-refractivity contribution in [2.24, 2.45) is 0 Å². The number of rotatable bonds is 4. The maximum atomic E-state index is 10.5. The average Bonchev–Trinajstić information content (AvgIpc) is 2.25. The van der Waals surface area contributed by atoms with Crippen molar-refractivity contribution in [1.29, 1.82) is 0 Å². The molecule has 0 aliphatic carbocycles. The number of hydrogen-bond donors (Lipinski definition) is 1. The molecule has 14 heavy (non-hydrogen) atoms. The lowest BCUT2D eigenvalue weighted by Gasteiger charge is -2.05. The van der Waals surface area contributed by atoms with Crippen LogP contribution >= 0.6 is 0 Å². The smallest absolute Gasteiger partial charge is 0.438 e. The van der Waals surface area contributed by atoms with Crippen LogP contribution in [-0.2, 0) is 9.47 Å². The molecule has 5 nitrogen and oxygen atoms in total. The molecule has 0 saturated carbocycles. The Kier molecular flexibility index (Phi) is 4.26. The summed E-state index contributed by atoms with van der Waals surface area (Å²) in [6, 6.07) is 5.53. The number of nitrogens with zero attached hydrogens (tertiary/aromatic N) is 1. The fourth-order valence-electron chi connectivity index (χ4n) is 0.840. The normalized spacial score (nSPS) is 9.21. The quantitative estimate of drug-likeness (QED) is 0.580. The first kappa shape index (κ1) is 10.3. The van der Waals surface area contributed by atoms with E-state index in [2.05, 4.69) is 19.8 Å². The number of hydrogen-bond acceptors (Lipinski definition) is 5. The molecule has 0 atom stereocenters. The number of anilines is 1. The van der Waals surface area contributed by atoms with E-state index < -0.39 is 6.16 Å². The van der Waals surface area contributed by atoms with Gasteiger partial charge in [0.15, 0.2) is 0 Å². The Labute approximate surface area is 82.0 Å². The summed E-state index contributed by atoms with van der Waals surface area (Å²) in [6.45, 7) is 0.759. The summed E-state index contributed by atoms with van der Waals surface area (Å²) >= 11 is 0. The van der Waals surface area contributed by atoms with Crippen LogP contribution in [0.4, 0.5) is 10.6 Å². The van der Waals surface area contributed by atoms with Crippen molar-refractivity contribution in [2.75, 3.05) is 25.6 Å². The molecule has 5 heteroatoms. The predicted octanol–water partition coefficient (Wildman–Crippen LogP) is 1.28. The Bertz CT molecular complexity index is 277. The molecular weight excluding hydrogens is 184 g/mol. The van der Waals surface area contributed by atoms with Crippen molar-refractivity contribution in [2.45, 2.75) is 0 Å². The fraction of sp³-hybridized carbons (Fsp3) is 0.333. The monoisotopic (exact) mass is 196 g/mol. The second kappa shape index (κ2) is 5.80. The first-order valence-electron chi connectivity index (χ1n) is 4.18. The molecule has 0 spiro atoms. The lowest BCUT2D eigenvalue weighted by atomic mass is 10.4. The van der Waals surface area contributed by atoms with Crippen LogP contribution in [0.2, 0.25) is 0 Å². The first-order valence-corrected chi connectivity index (χ1v) is 4.18. The third kappa shape index (κ3) is 3.75. The summed E-state index contributed by atoms with van der Waals surface area (Å²) in [7, 11) is 1.27. The van der Waals surface area contributed by atoms with E-state index >= 15 is 0 Å². The van der Waals surface area contributed by atoms with Gasteiger partial charge >= 0.3 is 6.16 Å². The molecule has 0 amide bonds. The van der Waals surface area contributed by atoms with Gasteiger partial charge in [-0.05, 0) is 12.1 Å². The topological polar surface area (TPSA) is 60.5 Å². The van der Waals surface area contributed by atoms with E-state index in [0.717, 1.165) is 5.82 Å². The summed E-state index contributed by atoms with van der Waals surface area (Å²) < 4.78 is 8.96. The van der Waals surface area contributed by atoms with Gasteiger partial charge in [-0.1, -0.05) is 6.07 Å². The van der Waals surface area contributed by atoms with E-state index in [-0.39, 0.29) is 6.61 Å². The Morgan fingerprint density at radius 1 is 1.57 bits per heavy atom. The Balaban J connectivity index is 2.13. The molecule has 1 heterocycles. The zero-order valence-corrected chi connectivity index (χ0v) is 7.90. The van der Waals surface area contributed by atoms with Gasteiger partial charge in [0.05, 0.1) is 13.7 Å². The van der Waals surface area contributed by atoms with Gasteiger partial charge in [-0.15, -0.1) is 0 Å². The van der Waals surface area contributed by atoms with E-state index in [4.69, 9.17) is 0 Å². The molecule has 76 valence electrons. The zero-order valence-electron chi connectivity index (χ0n) is 7.90. The average molecular weight is 196 g/mol. The van der Waals surface area contributed by atoms with Crippen molar-refractivity contribution < 1.29 is 14.3 Å². The molecule has 1 aromatic heterocycles. The highest BCUT2D eigenvalue weighted by Crippen LogP contribution is 1.98. The Morgan fingerprint density at radius 2 is 2.43 bits per heavy atom. The molecule has 0 unspecified atom stereocenters. The third-order valence-corrected chi connectivity index (χ3v) is 1.46. The van der Waals surface area contributed by atoms with Crippen molar-refractivity contribution >= 4 is 12.0 Å². The van der Waals surface area contributed by atoms with Crippen LogP contribution in [0.3, 0.4) is 0 Å². The van der Waals surface area contributed by atoms with E-state index in [1.165, 1.54) is 7.11 Å². The molecule has 1 rings (SSSR count). The van der Waals surface area contributed by atoms with Gasteiger partial charge in [-0.3, -0.25) is 0 Å². The van der Waals surface area contributed by atoms with Crippen LogP contribution < -0.4 is 5.32 Å². The summed E-state index contributed by atoms with van der Waals surface area (Å²) in [5, 5.41) is 2.98. The van der Waals surface area contributed by atoms with Crippen LogP contribution in [-0.4, -0.2) is 31.4 Å². The Hall–Kier alpha value is -1.78. The molecule has 1 aromatic rings. The molecule has 0 fully saturated rings. The van der Waals surface area contributed by atoms with Crippen molar-refractivity contribution in [3.8, 4) is 0 Å². The molecule has 0 radical (unpaired) electrons. The van der Waals surface area contributed by atoms with Crippen molar-refractivity contribution in [1.82, 2.24) is 4.98 Å². The molecule has 0 aliphatic rings. The number of pyridine rings is 1. The van der Waals surface area contributed by atoms with Crippen LogP contribution in [0.25, 0.3) is 0 Å². The van der Waals surface area contributed by atoms with Gasteiger partial charge in [-0.25, -0.2) is 9.78 Å². The lowest BCUT2D eigenvalue weighted by molar-refractivity contribution is 0.0759. The molecule has 0 aromatic carbocycles. The van der Waals surface area contributed by atoms with E-state index in [9.17, 15) is 4.79 Å². The highest BCUT2D eigenvalue weighted by Gasteiger charge is 1.98. The molecule has 0 bridgehead atoms. The number of ether oxygens (including phenoxy) is 2. The number of carbonyl (C=O) groups excluding carboxylic acids is 1. The van der Waals surface area contributed by atoms with Gasteiger partial charge in [0.1, 0.15) is 12.4 Å². The Morgan fingerprint density at radius 3 is 3.07 bits per heavy atom. The van der Waals surface area contributed by atoms with Crippen LogP contribution in [0.5, 0.6) is 0 Å². The molecule has 1 N–H and O–H groups in total. The standard InChI is InChI=1S/C9H12N2O3/c1-13-9(12)14-7-6-11-8-4-2-3-5-10-8/h2-5H,6-7H2,1H3,(H,10,11). The van der Waals surface area contributed by atoms with E-state index in [0.29, 0.717) is 6.54 Å². The first-order chi connectivity index (χ1) is 6.83. The SMILES string of the molecule is COC(=O)OCCNc1ccccn1. The largest absolute Gasteiger partial charge is 0.508 e.